The van der Waals surface area contributed by atoms with Gasteiger partial charge in [0.15, 0.2) is 5.60 Å². The smallest absolute Gasteiger partial charge is 0.172 e. The van der Waals surface area contributed by atoms with Gasteiger partial charge in [-0.3, -0.25) is 4.79 Å². The van der Waals surface area contributed by atoms with Crippen LogP contribution in [0.5, 0.6) is 0 Å². The lowest BCUT2D eigenvalue weighted by atomic mass is 9.74. The molecule has 1 aromatic carbocycles. The molecule has 1 aliphatic heterocycles. The molecule has 1 aromatic rings. The summed E-state index contributed by atoms with van der Waals surface area (Å²) in [4.78, 5) is 12.0. The van der Waals surface area contributed by atoms with E-state index in [9.17, 15) is 9.90 Å². The normalized spacial score (nSPS) is 20.3. The first-order valence-corrected chi connectivity index (χ1v) is 8.38. The molecule has 0 amide bonds. The molecular weight excluding hydrogens is 302 g/mol. The van der Waals surface area contributed by atoms with Crippen LogP contribution < -0.4 is 0 Å². The molecule has 0 spiro atoms. The Labute approximate surface area is 142 Å². The molecule has 2 aliphatic rings. The summed E-state index contributed by atoms with van der Waals surface area (Å²) in [5.41, 5.74) is 0.868. The molecule has 1 heterocycles. The van der Waals surface area contributed by atoms with E-state index >= 15 is 0 Å². The van der Waals surface area contributed by atoms with Gasteiger partial charge in [0.1, 0.15) is 5.78 Å². The minimum Gasteiger partial charge on any atom is -0.373 e. The summed E-state index contributed by atoms with van der Waals surface area (Å²) in [5, 5.41) is 18.7. The van der Waals surface area contributed by atoms with Crippen LogP contribution in [0, 0.1) is 23.2 Å². The highest BCUT2D eigenvalue weighted by molar-refractivity contribution is 5.82. The Hall–Kier alpha value is -2.14. The SMILES string of the molecule is N#CCC(=O)CC1(c2ccc(C#CC3(O)COC3)cc2)CCCC1. The van der Waals surface area contributed by atoms with Gasteiger partial charge in [0, 0.05) is 17.4 Å². The monoisotopic (exact) mass is 323 g/mol. The molecule has 1 aliphatic carbocycles. The Morgan fingerprint density at radius 1 is 1.21 bits per heavy atom. The van der Waals surface area contributed by atoms with Gasteiger partial charge in [0.05, 0.1) is 25.7 Å². The number of Topliss-reactive ketones (excluding diaryl/α,β-unsaturated/α-hetero) is 1. The third-order valence-electron chi connectivity index (χ3n) is 4.99. The fourth-order valence-electron chi connectivity index (χ4n) is 3.61. The molecule has 0 aromatic heterocycles. The summed E-state index contributed by atoms with van der Waals surface area (Å²) in [6, 6.07) is 9.92. The zero-order valence-electron chi connectivity index (χ0n) is 13.7. The Kier molecular flexibility index (Phi) is 4.71. The molecule has 1 saturated heterocycles. The second-order valence-corrected chi connectivity index (χ2v) is 6.89. The standard InChI is InChI=1S/C20H21NO3/c21-12-8-18(22)13-19(9-1-2-10-19)17-5-3-16(4-6-17)7-11-20(23)14-24-15-20/h3-6,23H,1-2,8-10,13-15H2. The van der Waals surface area contributed by atoms with E-state index in [4.69, 9.17) is 10.00 Å². The number of nitrogens with zero attached hydrogens (tertiary/aromatic N) is 1. The number of hydrogen-bond acceptors (Lipinski definition) is 4. The predicted octanol–water partition coefficient (Wildman–Crippen LogP) is 2.48. The van der Waals surface area contributed by atoms with Crippen molar-refractivity contribution in [1.82, 2.24) is 0 Å². The molecule has 0 radical (unpaired) electrons. The summed E-state index contributed by atoms with van der Waals surface area (Å²) in [5.74, 6) is 5.86. The van der Waals surface area contributed by atoms with E-state index < -0.39 is 5.60 Å². The second-order valence-electron chi connectivity index (χ2n) is 6.89. The predicted molar refractivity (Wildman–Crippen MR) is 89.1 cm³/mol. The van der Waals surface area contributed by atoms with Crippen molar-refractivity contribution < 1.29 is 14.6 Å². The van der Waals surface area contributed by atoms with Gasteiger partial charge in [-0.1, -0.05) is 36.8 Å². The van der Waals surface area contributed by atoms with E-state index in [1.165, 1.54) is 0 Å². The quantitative estimate of drug-likeness (QED) is 0.864. The van der Waals surface area contributed by atoms with Gasteiger partial charge in [0.25, 0.3) is 0 Å². The number of hydrogen-bond donors (Lipinski definition) is 1. The molecule has 2 fully saturated rings. The Morgan fingerprint density at radius 3 is 2.42 bits per heavy atom. The summed E-state index contributed by atoms with van der Waals surface area (Å²) in [6.45, 7) is 0.532. The maximum absolute atomic E-state index is 12.0. The lowest BCUT2D eigenvalue weighted by Crippen LogP contribution is -2.48. The van der Waals surface area contributed by atoms with Crippen molar-refractivity contribution in [2.75, 3.05) is 13.2 Å². The molecule has 24 heavy (non-hydrogen) atoms. The Bertz CT molecular complexity index is 708. The van der Waals surface area contributed by atoms with Gasteiger partial charge >= 0.3 is 0 Å². The van der Waals surface area contributed by atoms with Crippen LogP contribution in [0.3, 0.4) is 0 Å². The van der Waals surface area contributed by atoms with Crippen LogP contribution in [0.15, 0.2) is 24.3 Å². The van der Waals surface area contributed by atoms with Crippen LogP contribution in [0.25, 0.3) is 0 Å². The van der Waals surface area contributed by atoms with E-state index in [0.717, 1.165) is 36.8 Å². The Balaban J connectivity index is 1.77. The highest BCUT2D eigenvalue weighted by Gasteiger charge is 2.37. The number of nitriles is 1. The summed E-state index contributed by atoms with van der Waals surface area (Å²) < 4.78 is 4.98. The van der Waals surface area contributed by atoms with Crippen molar-refractivity contribution in [2.45, 2.75) is 49.5 Å². The fraction of sp³-hybridized carbons (Fsp3) is 0.500. The lowest BCUT2D eigenvalue weighted by molar-refractivity contribution is -0.140. The summed E-state index contributed by atoms with van der Waals surface area (Å²) >= 11 is 0. The molecule has 4 heteroatoms. The molecule has 4 nitrogen and oxygen atoms in total. The van der Waals surface area contributed by atoms with E-state index in [1.807, 2.05) is 30.3 Å². The van der Waals surface area contributed by atoms with E-state index in [0.29, 0.717) is 6.42 Å². The van der Waals surface area contributed by atoms with E-state index in [-0.39, 0.29) is 30.8 Å². The third-order valence-corrected chi connectivity index (χ3v) is 4.99. The maximum atomic E-state index is 12.0. The molecule has 1 saturated carbocycles. The molecule has 124 valence electrons. The van der Waals surface area contributed by atoms with Crippen molar-refractivity contribution in [2.24, 2.45) is 0 Å². The molecule has 0 atom stereocenters. The first-order chi connectivity index (χ1) is 11.6. The van der Waals surface area contributed by atoms with Crippen molar-refractivity contribution in [3.05, 3.63) is 35.4 Å². The van der Waals surface area contributed by atoms with Crippen LogP contribution >= 0.6 is 0 Å². The highest BCUT2D eigenvalue weighted by Crippen LogP contribution is 2.44. The van der Waals surface area contributed by atoms with Crippen molar-refractivity contribution in [3.8, 4) is 17.9 Å². The minimum atomic E-state index is -1.00. The molecule has 0 bridgehead atoms. The topological polar surface area (TPSA) is 70.3 Å². The average Bonchev–Trinajstić information content (AvgIpc) is 3.01. The van der Waals surface area contributed by atoms with Gasteiger partial charge in [-0.15, -0.1) is 0 Å². The van der Waals surface area contributed by atoms with Crippen LogP contribution in [0.1, 0.15) is 49.7 Å². The molecular formula is C20H21NO3. The third kappa shape index (κ3) is 3.51. The number of ether oxygens (including phenoxy) is 1. The van der Waals surface area contributed by atoms with Crippen LogP contribution in [-0.4, -0.2) is 29.7 Å². The summed E-state index contributed by atoms with van der Waals surface area (Å²) in [6.07, 6.45) is 4.66. The minimum absolute atomic E-state index is 0.00797. The lowest BCUT2D eigenvalue weighted by Gasteiger charge is -2.31. The summed E-state index contributed by atoms with van der Waals surface area (Å²) in [7, 11) is 0. The molecule has 1 N–H and O–H groups in total. The van der Waals surface area contributed by atoms with E-state index in [2.05, 4.69) is 11.8 Å². The number of carbonyl (C=O) groups excluding carboxylic acids is 1. The highest BCUT2D eigenvalue weighted by atomic mass is 16.5. The van der Waals surface area contributed by atoms with E-state index in [1.54, 1.807) is 0 Å². The molecule has 3 rings (SSSR count). The number of aliphatic hydroxyl groups is 1. The second kappa shape index (κ2) is 6.77. The van der Waals surface area contributed by atoms with Crippen molar-refractivity contribution >= 4 is 5.78 Å². The van der Waals surface area contributed by atoms with Gasteiger partial charge in [0.2, 0.25) is 0 Å². The maximum Gasteiger partial charge on any atom is 0.172 e. The van der Waals surface area contributed by atoms with Gasteiger partial charge in [-0.2, -0.15) is 5.26 Å². The van der Waals surface area contributed by atoms with Crippen LogP contribution in [0.2, 0.25) is 0 Å². The number of benzene rings is 1. The first kappa shape index (κ1) is 16.7. The van der Waals surface area contributed by atoms with Gasteiger partial charge in [-0.05, 0) is 30.5 Å². The van der Waals surface area contributed by atoms with Crippen molar-refractivity contribution in [1.29, 1.82) is 5.26 Å². The van der Waals surface area contributed by atoms with Crippen LogP contribution in [0.4, 0.5) is 0 Å². The van der Waals surface area contributed by atoms with Gasteiger partial charge < -0.3 is 9.84 Å². The van der Waals surface area contributed by atoms with Crippen LogP contribution in [-0.2, 0) is 14.9 Å². The van der Waals surface area contributed by atoms with Gasteiger partial charge in [-0.25, -0.2) is 0 Å². The number of carbonyl (C=O) groups is 1. The number of ketones is 1. The zero-order chi connectivity index (χ0) is 17.0. The first-order valence-electron chi connectivity index (χ1n) is 8.38. The largest absolute Gasteiger partial charge is 0.373 e. The fourth-order valence-corrected chi connectivity index (χ4v) is 3.61. The molecule has 0 unspecified atom stereocenters. The Morgan fingerprint density at radius 2 is 1.88 bits per heavy atom. The average molecular weight is 323 g/mol. The number of rotatable bonds is 4. The zero-order valence-corrected chi connectivity index (χ0v) is 13.7. The van der Waals surface area contributed by atoms with Crippen molar-refractivity contribution in [3.63, 3.8) is 0 Å².